The minimum atomic E-state index is 0. The summed E-state index contributed by atoms with van der Waals surface area (Å²) in [7, 11) is 0. The minimum Gasteiger partial charge on any atom is -0.876 e. The molecule has 0 aliphatic rings. The molecule has 0 aromatic heterocycles. The molecule has 30 valence electrons. The van der Waals surface area contributed by atoms with E-state index in [9.17, 15) is 5.11 Å². The van der Waals surface area contributed by atoms with Crippen LogP contribution in [0.3, 0.4) is 0 Å². The molecule has 0 aromatic carbocycles. The molecule has 0 rings (SSSR count). The predicted molar refractivity (Wildman–Crippen MR) is 19.4 cm³/mol. The van der Waals surface area contributed by atoms with E-state index in [2.05, 4.69) is 6.58 Å². The van der Waals surface area contributed by atoms with Crippen molar-refractivity contribution in [3.05, 3.63) is 12.3 Å². The van der Waals surface area contributed by atoms with Crippen LogP contribution in [0, 0.1) is 0 Å². The van der Waals surface area contributed by atoms with E-state index in [-0.39, 0.29) is 24.6 Å². The van der Waals surface area contributed by atoms with Crippen LogP contribution in [0.1, 0.15) is 13.3 Å². The van der Waals surface area contributed by atoms with E-state index in [1.807, 2.05) is 0 Å². The summed E-state index contributed by atoms with van der Waals surface area (Å²) >= 11 is 0. The van der Waals surface area contributed by atoms with E-state index in [0.717, 1.165) is 0 Å². The van der Waals surface area contributed by atoms with Gasteiger partial charge < -0.3 is 5.11 Å². The molecule has 0 saturated heterocycles. The Morgan fingerprint density at radius 2 is 2.00 bits per heavy atom. The molecule has 0 bridgehead atoms. The van der Waals surface area contributed by atoms with Gasteiger partial charge in [-0.15, -0.1) is 12.3 Å². The minimum absolute atomic E-state index is 0. The smallest absolute Gasteiger partial charge is 0.876 e. The van der Waals surface area contributed by atoms with Crippen LogP contribution in [-0.4, -0.2) is 0 Å². The van der Waals surface area contributed by atoms with Crippen LogP contribution < -0.4 is 24.0 Å². The van der Waals surface area contributed by atoms with Crippen LogP contribution in [0.2, 0.25) is 0 Å². The predicted octanol–water partition coefficient (Wildman–Crippen LogP) is -2.73. The summed E-state index contributed by atoms with van der Waals surface area (Å²) in [5.41, 5.74) is 0. The van der Waals surface area contributed by atoms with Crippen molar-refractivity contribution < 1.29 is 24.0 Å². The molecule has 0 heterocycles. The Morgan fingerprint density at radius 3 is 2.00 bits per heavy atom. The van der Waals surface area contributed by atoms with Crippen molar-refractivity contribution in [2.45, 2.75) is 13.3 Å². The van der Waals surface area contributed by atoms with E-state index >= 15 is 0 Å². The molecule has 0 saturated carbocycles. The van der Waals surface area contributed by atoms with Gasteiger partial charge in [0, 0.05) is 0 Å². The summed E-state index contributed by atoms with van der Waals surface area (Å²) in [6.45, 7) is 4.91. The molecule has 1 nitrogen and oxygen atoms in total. The number of hydrogen-bond donors (Lipinski definition) is 0. The van der Waals surface area contributed by atoms with Gasteiger partial charge >= 0.3 is 18.9 Å². The zero-order chi connectivity index (χ0) is 4.28. The Balaban J connectivity index is 0. The third-order valence-electron chi connectivity index (χ3n) is 0.394. The summed E-state index contributed by atoms with van der Waals surface area (Å²) in [6.07, 6.45) is 0.556. The fourth-order valence-corrected chi connectivity index (χ4v) is 0. The number of hydrogen-bond acceptors (Lipinski definition) is 1. The van der Waals surface area contributed by atoms with Gasteiger partial charge in [0.2, 0.25) is 0 Å². The summed E-state index contributed by atoms with van der Waals surface area (Å²) in [4.78, 5) is 0. The second-order valence-electron chi connectivity index (χ2n) is 0.892. The van der Waals surface area contributed by atoms with E-state index < -0.39 is 0 Å². The van der Waals surface area contributed by atoms with Gasteiger partial charge in [0.15, 0.2) is 0 Å². The molecule has 0 spiro atoms. The average Bonchev–Trinajstić information content (AvgIpc) is 1.38. The molecule has 0 N–H and O–H groups in total. The summed E-state index contributed by atoms with van der Waals surface area (Å²) < 4.78 is 0. The third-order valence-corrected chi connectivity index (χ3v) is 0.394. The van der Waals surface area contributed by atoms with Gasteiger partial charge in [-0.2, -0.15) is 0 Å². The standard InChI is InChI=1S/C4H8O.Li/c1-3-4(2)5;/h5H,2-3H2,1H3;/q;+1/p-1. The van der Waals surface area contributed by atoms with Crippen LogP contribution >= 0.6 is 0 Å². The molecule has 6 heavy (non-hydrogen) atoms. The van der Waals surface area contributed by atoms with Crippen molar-refractivity contribution in [2.24, 2.45) is 0 Å². The topological polar surface area (TPSA) is 23.1 Å². The van der Waals surface area contributed by atoms with Gasteiger partial charge in [0.25, 0.3) is 0 Å². The second-order valence-corrected chi connectivity index (χ2v) is 0.892. The summed E-state index contributed by atoms with van der Waals surface area (Å²) in [5, 5.41) is 9.70. The molecular weight excluding hydrogens is 71.0 g/mol. The number of rotatable bonds is 1. The second kappa shape index (κ2) is 5.14. The molecule has 0 atom stereocenters. The Kier molecular flexibility index (Phi) is 8.10. The largest absolute Gasteiger partial charge is 1.00 e. The van der Waals surface area contributed by atoms with Gasteiger partial charge in [-0.25, -0.2) is 0 Å². The van der Waals surface area contributed by atoms with Crippen LogP contribution in [-0.2, 0) is 0 Å². The fraction of sp³-hybridized carbons (Fsp3) is 0.500. The van der Waals surface area contributed by atoms with Crippen molar-refractivity contribution in [3.63, 3.8) is 0 Å². The zero-order valence-corrected chi connectivity index (χ0v) is 4.32. The van der Waals surface area contributed by atoms with E-state index in [0.29, 0.717) is 6.42 Å². The molecule has 0 radical (unpaired) electrons. The van der Waals surface area contributed by atoms with Crippen molar-refractivity contribution in [3.8, 4) is 0 Å². The molecule has 0 fully saturated rings. The SMILES string of the molecule is C=C([O-])CC.[Li+]. The first-order chi connectivity index (χ1) is 2.27. The first kappa shape index (κ1) is 9.46. The first-order valence-corrected chi connectivity index (χ1v) is 1.62. The van der Waals surface area contributed by atoms with Gasteiger partial charge in [0.05, 0.1) is 0 Å². The third kappa shape index (κ3) is 8.91. The molecule has 0 unspecified atom stereocenters. The Bertz CT molecular complexity index is 42.8. The maximum Gasteiger partial charge on any atom is 1.00 e. The van der Waals surface area contributed by atoms with Crippen LogP contribution in [0.4, 0.5) is 0 Å². The van der Waals surface area contributed by atoms with Crippen molar-refractivity contribution in [2.75, 3.05) is 0 Å². The van der Waals surface area contributed by atoms with Crippen LogP contribution in [0.5, 0.6) is 0 Å². The molecule has 0 amide bonds. The van der Waals surface area contributed by atoms with E-state index in [1.165, 1.54) is 0 Å². The zero-order valence-electron chi connectivity index (χ0n) is 4.32. The number of allylic oxidation sites excluding steroid dienone is 1. The molecule has 2 heteroatoms. The van der Waals surface area contributed by atoms with Crippen LogP contribution in [0.25, 0.3) is 0 Å². The summed E-state index contributed by atoms with van der Waals surface area (Å²) in [6, 6.07) is 0. The molecular formula is C4H7LiO. The molecule has 0 aliphatic carbocycles. The molecule has 0 aromatic rings. The Morgan fingerprint density at radius 1 is 1.83 bits per heavy atom. The van der Waals surface area contributed by atoms with Crippen molar-refractivity contribution in [1.29, 1.82) is 0 Å². The monoisotopic (exact) mass is 78.1 g/mol. The normalized spacial score (nSPS) is 6.17. The summed E-state index contributed by atoms with van der Waals surface area (Å²) in [5.74, 6) is 0.00463. The van der Waals surface area contributed by atoms with E-state index in [4.69, 9.17) is 0 Å². The van der Waals surface area contributed by atoms with Crippen LogP contribution in [0.15, 0.2) is 12.3 Å². The Labute approximate surface area is 50.2 Å². The quantitative estimate of drug-likeness (QED) is 0.247. The van der Waals surface area contributed by atoms with Gasteiger partial charge in [-0.3, -0.25) is 0 Å². The first-order valence-electron chi connectivity index (χ1n) is 1.62. The van der Waals surface area contributed by atoms with Gasteiger partial charge in [-0.05, 0) is 6.42 Å². The van der Waals surface area contributed by atoms with Gasteiger partial charge in [0.1, 0.15) is 0 Å². The van der Waals surface area contributed by atoms with Gasteiger partial charge in [-0.1, -0.05) is 6.92 Å². The van der Waals surface area contributed by atoms with Crippen molar-refractivity contribution in [1.82, 2.24) is 0 Å². The van der Waals surface area contributed by atoms with Crippen molar-refractivity contribution >= 4 is 0 Å². The maximum atomic E-state index is 9.70. The molecule has 0 aliphatic heterocycles. The van der Waals surface area contributed by atoms with E-state index in [1.54, 1.807) is 6.92 Å². The fourth-order valence-electron chi connectivity index (χ4n) is 0. The maximum absolute atomic E-state index is 9.70. The average molecular weight is 78.0 g/mol. The Hall–Kier alpha value is 0.137.